The van der Waals surface area contributed by atoms with E-state index in [0.29, 0.717) is 5.69 Å². The van der Waals surface area contributed by atoms with E-state index >= 15 is 0 Å². The van der Waals surface area contributed by atoms with Gasteiger partial charge in [-0.25, -0.2) is 22.0 Å². The first-order chi connectivity index (χ1) is 11.1. The molecule has 24 heavy (non-hydrogen) atoms. The Morgan fingerprint density at radius 1 is 0.958 bits per heavy atom. The molecule has 0 aliphatic rings. The van der Waals surface area contributed by atoms with Crippen LogP contribution in [0.2, 0.25) is 0 Å². The van der Waals surface area contributed by atoms with Gasteiger partial charge in [-0.05, 0) is 43.3 Å². The smallest absolute Gasteiger partial charge is 0.264 e. The maximum absolute atomic E-state index is 12.9. The number of nitrogens with zero attached hydrogens (tertiary/aromatic N) is 1. The number of hydrogen-bond donors (Lipinski definition) is 2. The lowest BCUT2D eigenvalue weighted by Crippen LogP contribution is -2.36. The molecule has 0 aromatic heterocycles. The minimum absolute atomic E-state index is 0.0978. The molecule has 9 heteroatoms. The monoisotopic (exact) mass is 370 g/mol. The summed E-state index contributed by atoms with van der Waals surface area (Å²) in [6, 6.07) is 12.9. The van der Waals surface area contributed by atoms with E-state index in [1.165, 1.54) is 19.1 Å². The molecule has 2 rings (SSSR count). The molecule has 0 spiro atoms. The average molecular weight is 370 g/mol. The molecule has 3 N–H and O–H groups in total. The number of aliphatic hydroxyl groups is 1. The van der Waals surface area contributed by atoms with Crippen LogP contribution in [0, 0.1) is 0 Å². The highest BCUT2D eigenvalue weighted by molar-refractivity contribution is 7.92. The molecule has 0 amide bonds. The zero-order chi connectivity index (χ0) is 18.0. The highest BCUT2D eigenvalue weighted by Gasteiger charge is 2.26. The second kappa shape index (κ2) is 6.89. The predicted molar refractivity (Wildman–Crippen MR) is 90.5 cm³/mol. The van der Waals surface area contributed by atoms with Crippen molar-refractivity contribution >= 4 is 25.7 Å². The van der Waals surface area contributed by atoms with E-state index in [9.17, 15) is 21.9 Å². The zero-order valence-corrected chi connectivity index (χ0v) is 14.5. The molecule has 0 aliphatic heterocycles. The zero-order valence-electron chi connectivity index (χ0n) is 12.9. The van der Waals surface area contributed by atoms with Crippen molar-refractivity contribution in [1.29, 1.82) is 0 Å². The Kier molecular flexibility index (Phi) is 5.29. The Bertz CT molecular complexity index is 893. The fourth-order valence-corrected chi connectivity index (χ4v) is 4.17. The Hall–Kier alpha value is -1.94. The van der Waals surface area contributed by atoms with Crippen molar-refractivity contribution in [2.24, 2.45) is 5.14 Å². The van der Waals surface area contributed by atoms with Gasteiger partial charge in [-0.3, -0.25) is 4.31 Å². The van der Waals surface area contributed by atoms with Crippen LogP contribution in [0.3, 0.4) is 0 Å². The van der Waals surface area contributed by atoms with Crippen molar-refractivity contribution in [3.8, 4) is 0 Å². The first-order valence-electron chi connectivity index (χ1n) is 7.01. The molecular weight excluding hydrogens is 352 g/mol. The number of hydrogen-bond acceptors (Lipinski definition) is 5. The van der Waals surface area contributed by atoms with Gasteiger partial charge in [0.05, 0.1) is 28.1 Å². The van der Waals surface area contributed by atoms with Crippen LogP contribution in [-0.2, 0) is 20.0 Å². The fourth-order valence-electron chi connectivity index (χ4n) is 2.11. The predicted octanol–water partition coefficient (Wildman–Crippen LogP) is 0.910. The maximum atomic E-state index is 12.9. The van der Waals surface area contributed by atoms with Crippen LogP contribution >= 0.6 is 0 Å². The Morgan fingerprint density at radius 2 is 1.46 bits per heavy atom. The Morgan fingerprint density at radius 3 is 1.92 bits per heavy atom. The first-order valence-corrected chi connectivity index (χ1v) is 10.00. The minimum Gasteiger partial charge on any atom is -0.392 e. The molecule has 0 bridgehead atoms. The number of anilines is 1. The normalized spacial score (nSPS) is 13.5. The molecule has 7 nitrogen and oxygen atoms in total. The second-order valence-electron chi connectivity index (χ2n) is 5.24. The van der Waals surface area contributed by atoms with E-state index in [4.69, 9.17) is 5.14 Å². The molecule has 0 unspecified atom stereocenters. The molecule has 1 atom stereocenters. The van der Waals surface area contributed by atoms with Gasteiger partial charge in [-0.2, -0.15) is 0 Å². The molecule has 2 aromatic rings. The van der Waals surface area contributed by atoms with Crippen molar-refractivity contribution in [3.05, 3.63) is 54.6 Å². The van der Waals surface area contributed by atoms with Gasteiger partial charge in [0.15, 0.2) is 0 Å². The molecule has 0 aliphatic carbocycles. The van der Waals surface area contributed by atoms with Crippen LogP contribution in [-0.4, -0.2) is 34.6 Å². The van der Waals surface area contributed by atoms with E-state index in [1.54, 1.807) is 30.3 Å². The van der Waals surface area contributed by atoms with E-state index in [0.717, 1.165) is 16.4 Å². The minimum atomic E-state index is -3.97. The molecule has 0 saturated heterocycles. The summed E-state index contributed by atoms with van der Waals surface area (Å²) in [5.74, 6) is 0. The van der Waals surface area contributed by atoms with Crippen molar-refractivity contribution in [3.63, 3.8) is 0 Å². The quantitative estimate of drug-likeness (QED) is 0.784. The lowest BCUT2D eigenvalue weighted by molar-refractivity contribution is 0.204. The number of aliphatic hydroxyl groups excluding tert-OH is 1. The summed E-state index contributed by atoms with van der Waals surface area (Å²) in [5.41, 5.74) is 0.397. The fraction of sp³-hybridized carbons (Fsp3) is 0.200. The third kappa shape index (κ3) is 4.12. The topological polar surface area (TPSA) is 118 Å². The molecular formula is C15H18N2O5S2. The summed E-state index contributed by atoms with van der Waals surface area (Å²) >= 11 is 0. The van der Waals surface area contributed by atoms with Gasteiger partial charge < -0.3 is 5.11 Å². The highest BCUT2D eigenvalue weighted by atomic mass is 32.2. The molecule has 0 radical (unpaired) electrons. The third-order valence-corrected chi connectivity index (χ3v) is 5.95. The van der Waals surface area contributed by atoms with Crippen molar-refractivity contribution in [2.75, 3.05) is 10.8 Å². The van der Waals surface area contributed by atoms with Crippen LogP contribution in [0.15, 0.2) is 64.4 Å². The summed E-state index contributed by atoms with van der Waals surface area (Å²) in [5, 5.41) is 14.7. The number of nitrogens with two attached hydrogens (primary N) is 1. The first kappa shape index (κ1) is 18.4. The Labute approximate surface area is 141 Å². The average Bonchev–Trinajstić information content (AvgIpc) is 2.52. The van der Waals surface area contributed by atoms with E-state index in [-0.39, 0.29) is 16.3 Å². The maximum Gasteiger partial charge on any atom is 0.264 e. The molecule has 0 fully saturated rings. The summed E-state index contributed by atoms with van der Waals surface area (Å²) < 4.78 is 49.4. The number of para-hydroxylation sites is 1. The van der Waals surface area contributed by atoms with Crippen LogP contribution in [0.25, 0.3) is 0 Å². The van der Waals surface area contributed by atoms with Gasteiger partial charge in [0, 0.05) is 0 Å². The lowest BCUT2D eigenvalue weighted by atomic mass is 10.3. The third-order valence-electron chi connectivity index (χ3n) is 3.21. The summed E-state index contributed by atoms with van der Waals surface area (Å²) in [4.78, 5) is -0.275. The number of sulfonamides is 2. The molecule has 0 heterocycles. The second-order valence-corrected chi connectivity index (χ2v) is 8.66. The number of rotatable bonds is 6. The van der Waals surface area contributed by atoms with Crippen LogP contribution in [0.5, 0.6) is 0 Å². The van der Waals surface area contributed by atoms with Crippen LogP contribution < -0.4 is 9.44 Å². The van der Waals surface area contributed by atoms with Gasteiger partial charge in [-0.15, -0.1) is 0 Å². The van der Waals surface area contributed by atoms with Crippen molar-refractivity contribution in [2.45, 2.75) is 22.8 Å². The van der Waals surface area contributed by atoms with E-state index < -0.39 is 26.2 Å². The summed E-state index contributed by atoms with van der Waals surface area (Å²) in [6.07, 6.45) is -0.885. The molecule has 130 valence electrons. The number of primary sulfonamides is 1. The van der Waals surface area contributed by atoms with Gasteiger partial charge in [0.25, 0.3) is 10.0 Å². The molecule has 2 aromatic carbocycles. The van der Waals surface area contributed by atoms with E-state index in [2.05, 4.69) is 0 Å². The molecule has 0 saturated carbocycles. The summed E-state index contributed by atoms with van der Waals surface area (Å²) in [6.45, 7) is 1.35. The number of benzene rings is 2. The Balaban J connectivity index is 2.48. The van der Waals surface area contributed by atoms with Crippen LogP contribution in [0.4, 0.5) is 5.69 Å². The van der Waals surface area contributed by atoms with Gasteiger partial charge in [-0.1, -0.05) is 18.2 Å². The van der Waals surface area contributed by atoms with Gasteiger partial charge in [0.2, 0.25) is 10.0 Å². The van der Waals surface area contributed by atoms with Gasteiger partial charge in [0.1, 0.15) is 0 Å². The van der Waals surface area contributed by atoms with Gasteiger partial charge >= 0.3 is 0 Å². The lowest BCUT2D eigenvalue weighted by Gasteiger charge is -2.25. The SMILES string of the molecule is C[C@@H](O)CN(c1ccccc1)S(=O)(=O)c1ccc(S(N)(=O)=O)cc1. The van der Waals surface area contributed by atoms with Crippen LogP contribution in [0.1, 0.15) is 6.92 Å². The largest absolute Gasteiger partial charge is 0.392 e. The summed E-state index contributed by atoms with van der Waals surface area (Å²) in [7, 11) is -7.88. The van der Waals surface area contributed by atoms with Crippen molar-refractivity contribution in [1.82, 2.24) is 0 Å². The van der Waals surface area contributed by atoms with E-state index in [1.807, 2.05) is 0 Å². The standard InChI is InChI=1S/C15H18N2O5S2/c1-12(18)11-17(13-5-3-2-4-6-13)24(21,22)15-9-7-14(8-10-15)23(16,19)20/h2-10,12,18H,11H2,1H3,(H2,16,19,20)/t12-/m1/s1. The highest BCUT2D eigenvalue weighted by Crippen LogP contribution is 2.24. The van der Waals surface area contributed by atoms with Crippen molar-refractivity contribution < 1.29 is 21.9 Å².